The number of rotatable bonds is 6. The number of hydrogen-bond donors (Lipinski definition) is 1. The molecule has 1 aromatic rings. The molecule has 0 unspecified atom stereocenters. The molecule has 1 aromatic carbocycles. The Hall–Kier alpha value is -3.16. The SMILES string of the molecule is CCCC1=C(C(=O)O)CC(C(=O)OC)=C(C)N1c1ccc([N+](=O)[O-])cc1. The van der Waals surface area contributed by atoms with Crippen LogP contribution >= 0.6 is 0 Å². The second kappa shape index (κ2) is 7.81. The molecule has 0 aliphatic carbocycles. The third-order valence-corrected chi connectivity index (χ3v) is 4.24. The molecule has 1 heterocycles. The molecule has 0 aromatic heterocycles. The number of ether oxygens (including phenoxy) is 1. The molecule has 26 heavy (non-hydrogen) atoms. The fraction of sp³-hybridized carbons (Fsp3) is 0.333. The molecular weight excluding hydrogens is 340 g/mol. The lowest BCUT2D eigenvalue weighted by Gasteiger charge is -2.34. The molecule has 1 N–H and O–H groups in total. The van der Waals surface area contributed by atoms with Crippen LogP contribution in [0.5, 0.6) is 0 Å². The predicted molar refractivity (Wildman–Crippen MR) is 94.5 cm³/mol. The van der Waals surface area contributed by atoms with Gasteiger partial charge < -0.3 is 14.7 Å². The highest BCUT2D eigenvalue weighted by Crippen LogP contribution is 2.38. The molecule has 0 amide bonds. The number of carboxylic acid groups (broad SMARTS) is 1. The standard InChI is InChI=1S/C18H20N2O6/c1-4-5-16-15(17(21)22)10-14(18(23)26-3)11(2)19(16)12-6-8-13(9-7-12)20(24)25/h6-9H,4-5,10H2,1-3H3,(H,21,22). The maximum Gasteiger partial charge on any atom is 0.335 e. The highest BCUT2D eigenvalue weighted by Gasteiger charge is 2.32. The number of carbonyl (C=O) groups is 2. The van der Waals surface area contributed by atoms with Crippen LogP contribution in [0.25, 0.3) is 0 Å². The van der Waals surface area contributed by atoms with Crippen LogP contribution in [0.15, 0.2) is 46.8 Å². The molecule has 0 spiro atoms. The maximum absolute atomic E-state index is 12.1. The van der Waals surface area contributed by atoms with Crippen molar-refractivity contribution < 1.29 is 24.4 Å². The van der Waals surface area contributed by atoms with Crippen LogP contribution < -0.4 is 4.90 Å². The van der Waals surface area contributed by atoms with Gasteiger partial charge in [0.05, 0.1) is 23.2 Å². The Labute approximate surface area is 150 Å². The van der Waals surface area contributed by atoms with Crippen LogP contribution in [-0.4, -0.2) is 29.1 Å². The van der Waals surface area contributed by atoms with Gasteiger partial charge >= 0.3 is 11.9 Å². The third-order valence-electron chi connectivity index (χ3n) is 4.24. The monoisotopic (exact) mass is 360 g/mol. The quantitative estimate of drug-likeness (QED) is 0.470. The van der Waals surface area contributed by atoms with Gasteiger partial charge in [-0.05, 0) is 25.5 Å². The number of nitro groups is 1. The topological polar surface area (TPSA) is 110 Å². The fourth-order valence-corrected chi connectivity index (χ4v) is 2.99. The first kappa shape index (κ1) is 19.2. The van der Waals surface area contributed by atoms with Crippen molar-refractivity contribution in [3.63, 3.8) is 0 Å². The predicted octanol–water partition coefficient (Wildman–Crippen LogP) is 3.39. The van der Waals surface area contributed by atoms with Gasteiger partial charge in [-0.2, -0.15) is 0 Å². The fourth-order valence-electron chi connectivity index (χ4n) is 2.99. The number of carboxylic acids is 1. The lowest BCUT2D eigenvalue weighted by molar-refractivity contribution is -0.384. The van der Waals surface area contributed by atoms with E-state index in [1.54, 1.807) is 11.8 Å². The Bertz CT molecular complexity index is 807. The summed E-state index contributed by atoms with van der Waals surface area (Å²) in [5, 5.41) is 20.5. The number of benzene rings is 1. The molecule has 8 nitrogen and oxygen atoms in total. The summed E-state index contributed by atoms with van der Waals surface area (Å²) in [6.07, 6.45) is 1.17. The molecule has 8 heteroatoms. The Morgan fingerprint density at radius 1 is 1.27 bits per heavy atom. The normalized spacial score (nSPS) is 14.5. The van der Waals surface area contributed by atoms with Crippen LogP contribution in [0.2, 0.25) is 0 Å². The van der Waals surface area contributed by atoms with Crippen LogP contribution in [-0.2, 0) is 14.3 Å². The van der Waals surface area contributed by atoms with Crippen molar-refractivity contribution in [2.45, 2.75) is 33.1 Å². The first-order valence-electron chi connectivity index (χ1n) is 8.09. The van der Waals surface area contributed by atoms with Crippen molar-refractivity contribution in [2.75, 3.05) is 12.0 Å². The van der Waals surface area contributed by atoms with E-state index in [0.717, 1.165) is 0 Å². The smallest absolute Gasteiger partial charge is 0.335 e. The van der Waals surface area contributed by atoms with E-state index in [2.05, 4.69) is 0 Å². The Balaban J connectivity index is 2.65. The van der Waals surface area contributed by atoms with E-state index in [1.807, 2.05) is 6.92 Å². The third kappa shape index (κ3) is 3.58. The molecule has 1 aliphatic rings. The highest BCUT2D eigenvalue weighted by atomic mass is 16.6. The molecule has 0 atom stereocenters. The summed E-state index contributed by atoms with van der Waals surface area (Å²) in [4.78, 5) is 35.9. The molecule has 0 saturated heterocycles. The number of carbonyl (C=O) groups excluding carboxylic acids is 1. The highest BCUT2D eigenvalue weighted by molar-refractivity contribution is 5.97. The van der Waals surface area contributed by atoms with Crippen molar-refractivity contribution in [3.05, 3.63) is 56.9 Å². The Kier molecular flexibility index (Phi) is 5.76. The van der Waals surface area contributed by atoms with Crippen molar-refractivity contribution >= 4 is 23.3 Å². The van der Waals surface area contributed by atoms with E-state index in [-0.39, 0.29) is 23.3 Å². The molecule has 1 aliphatic heterocycles. The number of nitro benzene ring substituents is 1. The van der Waals surface area contributed by atoms with Crippen LogP contribution in [0, 0.1) is 10.1 Å². The number of anilines is 1. The van der Waals surface area contributed by atoms with Gasteiger partial charge in [0.25, 0.3) is 5.69 Å². The van der Waals surface area contributed by atoms with Gasteiger partial charge in [-0.15, -0.1) is 0 Å². The van der Waals surface area contributed by atoms with Crippen LogP contribution in [0.1, 0.15) is 33.1 Å². The average Bonchev–Trinajstić information content (AvgIpc) is 2.61. The van der Waals surface area contributed by atoms with Gasteiger partial charge in [-0.25, -0.2) is 9.59 Å². The molecule has 0 bridgehead atoms. The lowest BCUT2D eigenvalue weighted by atomic mass is 9.93. The largest absolute Gasteiger partial charge is 0.478 e. The Morgan fingerprint density at radius 3 is 2.35 bits per heavy atom. The maximum atomic E-state index is 12.1. The molecule has 0 saturated carbocycles. The zero-order valence-corrected chi connectivity index (χ0v) is 14.8. The van der Waals surface area contributed by atoms with Gasteiger partial charge in [0.15, 0.2) is 0 Å². The molecular formula is C18H20N2O6. The number of aliphatic carboxylic acids is 1. The summed E-state index contributed by atoms with van der Waals surface area (Å²) in [5.41, 5.74) is 1.98. The van der Waals surface area contributed by atoms with E-state index in [0.29, 0.717) is 29.9 Å². The van der Waals surface area contributed by atoms with Gasteiger partial charge in [-0.3, -0.25) is 10.1 Å². The van der Waals surface area contributed by atoms with Crippen molar-refractivity contribution in [2.24, 2.45) is 0 Å². The minimum Gasteiger partial charge on any atom is -0.478 e. The molecule has 2 rings (SSSR count). The van der Waals surface area contributed by atoms with Gasteiger partial charge in [-0.1, -0.05) is 13.3 Å². The lowest BCUT2D eigenvalue weighted by Crippen LogP contribution is -2.31. The second-order valence-corrected chi connectivity index (χ2v) is 5.82. The first-order valence-corrected chi connectivity index (χ1v) is 8.09. The summed E-state index contributed by atoms with van der Waals surface area (Å²) < 4.78 is 4.79. The summed E-state index contributed by atoms with van der Waals surface area (Å²) in [6, 6.07) is 5.77. The first-order chi connectivity index (χ1) is 12.3. The summed E-state index contributed by atoms with van der Waals surface area (Å²) in [5.74, 6) is -1.70. The van der Waals surface area contributed by atoms with Crippen molar-refractivity contribution in [1.29, 1.82) is 0 Å². The zero-order valence-electron chi connectivity index (χ0n) is 14.8. The molecule has 138 valence electrons. The zero-order chi connectivity index (χ0) is 19.4. The van der Waals surface area contributed by atoms with Crippen molar-refractivity contribution in [3.8, 4) is 0 Å². The average molecular weight is 360 g/mol. The summed E-state index contributed by atoms with van der Waals surface area (Å²) in [7, 11) is 1.24. The van der Waals surface area contributed by atoms with Crippen LogP contribution in [0.4, 0.5) is 11.4 Å². The van der Waals surface area contributed by atoms with Gasteiger partial charge in [0, 0.05) is 35.6 Å². The van der Waals surface area contributed by atoms with Crippen molar-refractivity contribution in [1.82, 2.24) is 0 Å². The minimum absolute atomic E-state index is 0.0212. The number of nitrogens with zero attached hydrogens (tertiary/aromatic N) is 2. The summed E-state index contributed by atoms with van der Waals surface area (Å²) in [6.45, 7) is 3.64. The summed E-state index contributed by atoms with van der Waals surface area (Å²) >= 11 is 0. The number of hydrogen-bond acceptors (Lipinski definition) is 6. The second-order valence-electron chi connectivity index (χ2n) is 5.82. The number of methoxy groups -OCH3 is 1. The number of esters is 1. The van der Waals surface area contributed by atoms with E-state index >= 15 is 0 Å². The molecule has 0 fully saturated rings. The van der Waals surface area contributed by atoms with Gasteiger partial charge in [0.2, 0.25) is 0 Å². The number of allylic oxidation sites excluding steroid dienone is 2. The van der Waals surface area contributed by atoms with Crippen LogP contribution in [0.3, 0.4) is 0 Å². The van der Waals surface area contributed by atoms with E-state index in [1.165, 1.54) is 31.4 Å². The molecule has 0 radical (unpaired) electrons. The van der Waals surface area contributed by atoms with E-state index < -0.39 is 16.9 Å². The van der Waals surface area contributed by atoms with E-state index in [4.69, 9.17) is 4.74 Å². The van der Waals surface area contributed by atoms with Gasteiger partial charge in [0.1, 0.15) is 0 Å². The van der Waals surface area contributed by atoms with E-state index in [9.17, 15) is 24.8 Å². The Morgan fingerprint density at radius 2 is 1.88 bits per heavy atom. The minimum atomic E-state index is -1.10. The number of non-ortho nitro benzene ring substituents is 1.